The van der Waals surface area contributed by atoms with Crippen molar-refractivity contribution < 1.29 is 9.53 Å². The number of hydrogen-bond acceptors (Lipinski definition) is 7. The molecule has 3 heterocycles. The zero-order chi connectivity index (χ0) is 21.8. The maximum Gasteiger partial charge on any atom is 0.258 e. The molecule has 1 saturated heterocycles. The van der Waals surface area contributed by atoms with Crippen molar-refractivity contribution in [2.24, 2.45) is 0 Å². The van der Waals surface area contributed by atoms with Crippen LogP contribution in [0.5, 0.6) is 5.75 Å². The number of carbonyl (C=O) groups excluding carboxylic acids is 1. The quantitative estimate of drug-likeness (QED) is 0.595. The lowest BCUT2D eigenvalue weighted by Crippen LogP contribution is -2.25. The van der Waals surface area contributed by atoms with E-state index in [1.165, 1.54) is 24.4 Å². The average Bonchev–Trinajstić information content (AvgIpc) is 3.41. The van der Waals surface area contributed by atoms with Crippen LogP contribution in [-0.2, 0) is 0 Å². The molecule has 7 nitrogen and oxygen atoms in total. The van der Waals surface area contributed by atoms with Gasteiger partial charge in [-0.05, 0) is 76.4 Å². The maximum atomic E-state index is 12.7. The van der Waals surface area contributed by atoms with Crippen LogP contribution in [0.3, 0.4) is 0 Å². The predicted molar refractivity (Wildman–Crippen MR) is 123 cm³/mol. The number of nitrogens with one attached hydrogen (secondary N) is 1. The molecule has 0 unspecified atom stereocenters. The Hall–Kier alpha value is -2.84. The van der Waals surface area contributed by atoms with Crippen molar-refractivity contribution in [1.29, 1.82) is 0 Å². The molecule has 1 fully saturated rings. The number of amides is 1. The molecule has 4 rings (SSSR count). The van der Waals surface area contributed by atoms with Gasteiger partial charge >= 0.3 is 0 Å². The number of nitrogens with zero attached hydrogens (tertiary/aromatic N) is 4. The monoisotopic (exact) mass is 437 g/mol. The Morgan fingerprint density at radius 3 is 2.55 bits per heavy atom. The fourth-order valence-corrected chi connectivity index (χ4v) is 4.60. The highest BCUT2D eigenvalue weighted by atomic mass is 32.1. The summed E-state index contributed by atoms with van der Waals surface area (Å²) in [6.07, 6.45) is 4.09. The number of benzene rings is 1. The van der Waals surface area contributed by atoms with Gasteiger partial charge in [0.1, 0.15) is 18.7 Å². The minimum atomic E-state index is -0.169. The van der Waals surface area contributed by atoms with E-state index in [4.69, 9.17) is 4.74 Å². The smallest absolute Gasteiger partial charge is 0.258 e. The lowest BCUT2D eigenvalue weighted by atomic mass is 10.0. The third-order valence-corrected chi connectivity index (χ3v) is 6.31. The summed E-state index contributed by atoms with van der Waals surface area (Å²) < 4.78 is 10.4. The zero-order valence-electron chi connectivity index (χ0n) is 18.1. The number of hydrogen-bond donors (Lipinski definition) is 1. The second kappa shape index (κ2) is 9.53. The molecule has 0 bridgehead atoms. The van der Waals surface area contributed by atoms with E-state index < -0.39 is 0 Å². The summed E-state index contributed by atoms with van der Waals surface area (Å²) >= 11 is 1.28. The molecule has 162 valence electrons. The number of aryl methyl sites for hydroxylation is 3. The summed E-state index contributed by atoms with van der Waals surface area (Å²) in [5, 5.41) is 4.75. The summed E-state index contributed by atoms with van der Waals surface area (Å²) in [6.45, 7) is 9.57. The molecule has 31 heavy (non-hydrogen) atoms. The third kappa shape index (κ3) is 4.91. The number of ether oxygens (including phenoxy) is 1. The molecule has 1 N–H and O–H groups in total. The van der Waals surface area contributed by atoms with Crippen LogP contribution < -0.4 is 10.1 Å². The maximum absolute atomic E-state index is 12.7. The summed E-state index contributed by atoms with van der Waals surface area (Å²) in [6, 6.07) is 5.73. The van der Waals surface area contributed by atoms with Crippen LogP contribution in [0, 0.1) is 20.8 Å². The van der Waals surface area contributed by atoms with Gasteiger partial charge in [0.05, 0.1) is 11.3 Å². The molecule has 1 aliphatic rings. The van der Waals surface area contributed by atoms with E-state index >= 15 is 0 Å². The Morgan fingerprint density at radius 1 is 1.13 bits per heavy atom. The van der Waals surface area contributed by atoms with Crippen LogP contribution in [0.1, 0.15) is 40.3 Å². The molecule has 8 heteroatoms. The van der Waals surface area contributed by atoms with Gasteiger partial charge in [-0.3, -0.25) is 9.69 Å². The van der Waals surface area contributed by atoms with Crippen molar-refractivity contribution in [2.45, 2.75) is 33.6 Å². The van der Waals surface area contributed by atoms with Crippen LogP contribution in [0.4, 0.5) is 5.69 Å². The molecule has 0 radical (unpaired) electrons. The van der Waals surface area contributed by atoms with Gasteiger partial charge in [-0.2, -0.15) is 4.37 Å². The Morgan fingerprint density at radius 2 is 1.87 bits per heavy atom. The standard InChI is InChI=1S/C23H27N5O2S/c1-15-20(13-31-27-15)23(29)26-18-6-7-21(30-11-10-28-8-4-5-9-28)19(12-18)22-16(2)24-14-25-17(22)3/h6-7,12-14H,4-5,8-11H2,1-3H3,(H,26,29). The largest absolute Gasteiger partial charge is 0.492 e. The summed E-state index contributed by atoms with van der Waals surface area (Å²) in [4.78, 5) is 23.8. The molecule has 0 saturated carbocycles. The van der Waals surface area contributed by atoms with E-state index in [1.54, 1.807) is 11.7 Å². The molecule has 1 amide bonds. The van der Waals surface area contributed by atoms with Crippen LogP contribution >= 0.6 is 11.5 Å². The van der Waals surface area contributed by atoms with Gasteiger partial charge in [-0.1, -0.05) is 0 Å². The first-order valence-electron chi connectivity index (χ1n) is 10.5. The van der Waals surface area contributed by atoms with Crippen LogP contribution in [-0.4, -0.2) is 51.4 Å². The van der Waals surface area contributed by atoms with Crippen LogP contribution in [0.2, 0.25) is 0 Å². The van der Waals surface area contributed by atoms with E-state index in [2.05, 4.69) is 24.6 Å². The molecule has 1 aliphatic heterocycles. The minimum Gasteiger partial charge on any atom is -0.492 e. The molecule has 0 atom stereocenters. The number of anilines is 1. The van der Waals surface area contributed by atoms with Crippen molar-refractivity contribution in [3.05, 3.63) is 52.6 Å². The number of carbonyl (C=O) groups is 1. The van der Waals surface area contributed by atoms with E-state index in [0.717, 1.165) is 53.6 Å². The molecule has 1 aromatic carbocycles. The van der Waals surface area contributed by atoms with Gasteiger partial charge in [0, 0.05) is 40.1 Å². The highest BCUT2D eigenvalue weighted by Crippen LogP contribution is 2.35. The summed E-state index contributed by atoms with van der Waals surface area (Å²) in [7, 11) is 0. The number of likely N-dealkylation sites (tertiary alicyclic amines) is 1. The number of rotatable bonds is 7. The summed E-state index contributed by atoms with van der Waals surface area (Å²) in [5.74, 6) is 0.601. The van der Waals surface area contributed by atoms with Crippen LogP contribution in [0.15, 0.2) is 29.9 Å². The van der Waals surface area contributed by atoms with Crippen molar-refractivity contribution in [2.75, 3.05) is 31.6 Å². The first-order chi connectivity index (χ1) is 15.0. The normalized spacial score (nSPS) is 14.0. The van der Waals surface area contributed by atoms with Crippen LogP contribution in [0.25, 0.3) is 11.1 Å². The van der Waals surface area contributed by atoms with Gasteiger partial charge in [0.15, 0.2) is 0 Å². The highest BCUT2D eigenvalue weighted by Gasteiger charge is 2.18. The van der Waals surface area contributed by atoms with Crippen molar-refractivity contribution in [1.82, 2.24) is 19.2 Å². The SMILES string of the molecule is Cc1nscc1C(=O)Nc1ccc(OCCN2CCCC2)c(-c2c(C)ncnc2C)c1. The Kier molecular flexibility index (Phi) is 6.58. The van der Waals surface area contributed by atoms with Crippen molar-refractivity contribution in [3.63, 3.8) is 0 Å². The Labute approximate surface area is 186 Å². The second-order valence-electron chi connectivity index (χ2n) is 7.80. The second-order valence-corrected chi connectivity index (χ2v) is 8.42. The molecule has 2 aromatic heterocycles. The number of aromatic nitrogens is 3. The van der Waals surface area contributed by atoms with Crippen molar-refractivity contribution >= 4 is 23.1 Å². The Bertz CT molecular complexity index is 1060. The van der Waals surface area contributed by atoms with E-state index in [1.807, 2.05) is 39.0 Å². The van der Waals surface area contributed by atoms with Gasteiger partial charge in [0.25, 0.3) is 5.91 Å². The minimum absolute atomic E-state index is 0.169. The first kappa shape index (κ1) is 21.4. The lowest BCUT2D eigenvalue weighted by Gasteiger charge is -2.18. The van der Waals surface area contributed by atoms with E-state index in [9.17, 15) is 4.79 Å². The topological polar surface area (TPSA) is 80.2 Å². The van der Waals surface area contributed by atoms with Gasteiger partial charge in [-0.25, -0.2) is 9.97 Å². The fraction of sp³-hybridized carbons (Fsp3) is 0.391. The molecule has 0 aliphatic carbocycles. The van der Waals surface area contributed by atoms with Crippen molar-refractivity contribution in [3.8, 4) is 16.9 Å². The van der Waals surface area contributed by atoms with Gasteiger partial charge in [0.2, 0.25) is 0 Å². The molecule has 0 spiro atoms. The zero-order valence-corrected chi connectivity index (χ0v) is 19.0. The molecule has 3 aromatic rings. The lowest BCUT2D eigenvalue weighted by molar-refractivity contribution is 0.102. The first-order valence-corrected chi connectivity index (χ1v) is 11.4. The molecular weight excluding hydrogens is 410 g/mol. The van der Waals surface area contributed by atoms with E-state index in [-0.39, 0.29) is 5.91 Å². The fourth-order valence-electron chi connectivity index (χ4n) is 3.91. The van der Waals surface area contributed by atoms with E-state index in [0.29, 0.717) is 17.9 Å². The summed E-state index contributed by atoms with van der Waals surface area (Å²) in [5.41, 5.74) is 5.58. The third-order valence-electron chi connectivity index (χ3n) is 5.59. The average molecular weight is 438 g/mol. The van der Waals surface area contributed by atoms with Gasteiger partial charge in [-0.15, -0.1) is 0 Å². The van der Waals surface area contributed by atoms with Gasteiger partial charge < -0.3 is 10.1 Å². The highest BCUT2D eigenvalue weighted by molar-refractivity contribution is 7.04. The predicted octanol–water partition coefficient (Wildman–Crippen LogP) is 4.25. The Balaban J connectivity index is 1.61. The molecular formula is C23H27N5O2S.